The lowest BCUT2D eigenvalue weighted by Gasteiger charge is -2.20. The lowest BCUT2D eigenvalue weighted by molar-refractivity contribution is -0.144. The van der Waals surface area contributed by atoms with Crippen molar-refractivity contribution in [3.63, 3.8) is 0 Å². The van der Waals surface area contributed by atoms with Crippen LogP contribution >= 0.6 is 0 Å². The van der Waals surface area contributed by atoms with Crippen LogP contribution in [-0.2, 0) is 22.3 Å². The molecule has 10 heteroatoms. The van der Waals surface area contributed by atoms with Crippen LogP contribution in [0.3, 0.4) is 0 Å². The predicted molar refractivity (Wildman–Crippen MR) is 78.7 cm³/mol. The Bertz CT molecular complexity index is 671. The van der Waals surface area contributed by atoms with Gasteiger partial charge in [-0.2, -0.15) is 26.3 Å². The number of nitrogens with one attached hydrogen (secondary N) is 1. The lowest BCUT2D eigenvalue weighted by Crippen LogP contribution is -2.37. The van der Waals surface area contributed by atoms with E-state index in [9.17, 15) is 35.9 Å². The summed E-state index contributed by atoms with van der Waals surface area (Å²) < 4.78 is 75.3. The standard InChI is InChI=1S/C16H16F6N2O2/c17-15(18,19)6-5-13(25)23-11-7-14(26)24(9-11)8-10-3-1-2-4-12(10)16(20,21)22/h1-4,11H,5-9H2,(H,23,25). The fraction of sp³-hybridized carbons (Fsp3) is 0.500. The lowest BCUT2D eigenvalue weighted by atomic mass is 10.1. The quantitative estimate of drug-likeness (QED) is 0.795. The van der Waals surface area contributed by atoms with Crippen molar-refractivity contribution in [3.8, 4) is 0 Å². The van der Waals surface area contributed by atoms with E-state index in [1.54, 1.807) is 0 Å². The number of benzene rings is 1. The molecule has 4 nitrogen and oxygen atoms in total. The van der Waals surface area contributed by atoms with Crippen molar-refractivity contribution in [3.05, 3.63) is 35.4 Å². The molecule has 1 saturated heterocycles. The average molecular weight is 382 g/mol. The van der Waals surface area contributed by atoms with E-state index in [0.717, 1.165) is 11.0 Å². The number of hydrogen-bond acceptors (Lipinski definition) is 2. The summed E-state index contributed by atoms with van der Waals surface area (Å²) in [6.45, 7) is -0.341. The third kappa shape index (κ3) is 5.63. The zero-order valence-corrected chi connectivity index (χ0v) is 13.5. The number of likely N-dealkylation sites (tertiary alicyclic amines) is 1. The minimum absolute atomic E-state index is 0.0528. The Balaban J connectivity index is 1.96. The van der Waals surface area contributed by atoms with Gasteiger partial charge in [0.05, 0.1) is 18.0 Å². The molecule has 1 atom stereocenters. The van der Waals surface area contributed by atoms with Crippen molar-refractivity contribution < 1.29 is 35.9 Å². The highest BCUT2D eigenvalue weighted by atomic mass is 19.4. The Morgan fingerprint density at radius 2 is 1.81 bits per heavy atom. The Kier molecular flexibility index (Phi) is 5.82. The number of hydrogen-bond donors (Lipinski definition) is 1. The molecule has 26 heavy (non-hydrogen) atoms. The van der Waals surface area contributed by atoms with Crippen LogP contribution < -0.4 is 5.32 Å². The maximum atomic E-state index is 13.0. The molecule has 1 aliphatic rings. The van der Waals surface area contributed by atoms with E-state index in [1.165, 1.54) is 18.2 Å². The molecule has 0 aromatic heterocycles. The first-order valence-electron chi connectivity index (χ1n) is 7.74. The van der Waals surface area contributed by atoms with Gasteiger partial charge in [0, 0.05) is 25.9 Å². The molecule has 1 aliphatic heterocycles. The number of halogens is 6. The van der Waals surface area contributed by atoms with E-state index in [4.69, 9.17) is 0 Å². The molecule has 2 amide bonds. The van der Waals surface area contributed by atoms with Crippen LogP contribution in [-0.4, -0.2) is 35.5 Å². The smallest absolute Gasteiger partial charge is 0.351 e. The van der Waals surface area contributed by atoms with Gasteiger partial charge in [-0.3, -0.25) is 9.59 Å². The zero-order chi connectivity index (χ0) is 19.5. The third-order valence-corrected chi connectivity index (χ3v) is 3.90. The molecule has 1 fully saturated rings. The average Bonchev–Trinajstić information content (AvgIpc) is 2.83. The second-order valence-corrected chi connectivity index (χ2v) is 6.01. The van der Waals surface area contributed by atoms with Crippen molar-refractivity contribution >= 4 is 11.8 Å². The van der Waals surface area contributed by atoms with E-state index >= 15 is 0 Å². The van der Waals surface area contributed by atoms with Crippen LogP contribution in [0.5, 0.6) is 0 Å². The molecular weight excluding hydrogens is 366 g/mol. The van der Waals surface area contributed by atoms with Crippen LogP contribution in [0.1, 0.15) is 30.4 Å². The summed E-state index contributed by atoms with van der Waals surface area (Å²) in [5.41, 5.74) is -0.942. The number of carbonyl (C=O) groups is 2. The number of carbonyl (C=O) groups excluding carboxylic acids is 2. The van der Waals surface area contributed by atoms with Gasteiger partial charge in [-0.15, -0.1) is 0 Å². The van der Waals surface area contributed by atoms with Gasteiger partial charge in [0.15, 0.2) is 0 Å². The molecule has 144 valence electrons. The second-order valence-electron chi connectivity index (χ2n) is 6.01. The largest absolute Gasteiger partial charge is 0.416 e. The number of nitrogens with zero attached hydrogens (tertiary/aromatic N) is 1. The molecular formula is C16H16F6N2O2. The minimum Gasteiger partial charge on any atom is -0.351 e. The molecule has 1 aromatic carbocycles. The first-order valence-corrected chi connectivity index (χ1v) is 7.74. The van der Waals surface area contributed by atoms with Crippen molar-refractivity contribution in [2.45, 2.75) is 44.2 Å². The molecule has 0 spiro atoms. The molecule has 1 N–H and O–H groups in total. The van der Waals surface area contributed by atoms with Crippen LogP contribution in [0, 0.1) is 0 Å². The Labute approximate surface area is 145 Å². The fourth-order valence-corrected chi connectivity index (χ4v) is 2.72. The SMILES string of the molecule is O=C(CCC(F)(F)F)NC1CC(=O)N(Cc2ccccc2C(F)(F)F)C1. The van der Waals surface area contributed by atoms with Gasteiger partial charge in [0.1, 0.15) is 0 Å². The predicted octanol–water partition coefficient (Wildman–Crippen LogP) is 3.27. The molecule has 1 heterocycles. The summed E-state index contributed by atoms with van der Waals surface area (Å²) in [6, 6.07) is 4.10. The highest BCUT2D eigenvalue weighted by Crippen LogP contribution is 2.33. The maximum absolute atomic E-state index is 13.0. The maximum Gasteiger partial charge on any atom is 0.416 e. The molecule has 0 saturated carbocycles. The normalized spacial score (nSPS) is 18.3. The Hall–Kier alpha value is -2.26. The van der Waals surface area contributed by atoms with Gasteiger partial charge in [0.25, 0.3) is 0 Å². The van der Waals surface area contributed by atoms with Gasteiger partial charge in [-0.25, -0.2) is 0 Å². The van der Waals surface area contributed by atoms with Crippen molar-refractivity contribution in [2.24, 2.45) is 0 Å². The third-order valence-electron chi connectivity index (χ3n) is 3.90. The van der Waals surface area contributed by atoms with Gasteiger partial charge in [0.2, 0.25) is 11.8 Å². The highest BCUT2D eigenvalue weighted by Gasteiger charge is 2.36. The fourth-order valence-electron chi connectivity index (χ4n) is 2.72. The molecule has 0 aliphatic carbocycles. The number of alkyl halides is 6. The first kappa shape index (κ1) is 20.1. The van der Waals surface area contributed by atoms with Gasteiger partial charge in [-0.05, 0) is 11.6 Å². The van der Waals surface area contributed by atoms with Crippen molar-refractivity contribution in [1.29, 1.82) is 0 Å². The summed E-state index contributed by atoms with van der Waals surface area (Å²) in [5, 5.41) is 2.32. The molecule has 0 radical (unpaired) electrons. The van der Waals surface area contributed by atoms with Crippen molar-refractivity contribution in [2.75, 3.05) is 6.54 Å². The summed E-state index contributed by atoms with van der Waals surface area (Å²) in [6.07, 6.45) is -11.2. The molecule has 0 bridgehead atoms. The topological polar surface area (TPSA) is 49.4 Å². The van der Waals surface area contributed by atoms with Gasteiger partial charge in [-0.1, -0.05) is 18.2 Å². The number of amides is 2. The van der Waals surface area contributed by atoms with Crippen LogP contribution in [0.2, 0.25) is 0 Å². The van der Waals surface area contributed by atoms with Crippen LogP contribution in [0.4, 0.5) is 26.3 Å². The van der Waals surface area contributed by atoms with E-state index in [-0.39, 0.29) is 25.1 Å². The monoisotopic (exact) mass is 382 g/mol. The second kappa shape index (κ2) is 7.55. The van der Waals surface area contributed by atoms with E-state index in [2.05, 4.69) is 5.32 Å². The van der Waals surface area contributed by atoms with E-state index in [0.29, 0.717) is 0 Å². The molecule has 1 aromatic rings. The molecule has 1 unspecified atom stereocenters. The summed E-state index contributed by atoms with van der Waals surface area (Å²) in [4.78, 5) is 24.6. The van der Waals surface area contributed by atoms with Gasteiger partial charge >= 0.3 is 12.4 Å². The van der Waals surface area contributed by atoms with E-state index < -0.39 is 48.6 Å². The zero-order valence-electron chi connectivity index (χ0n) is 13.5. The highest BCUT2D eigenvalue weighted by molar-refractivity contribution is 5.82. The van der Waals surface area contributed by atoms with Gasteiger partial charge < -0.3 is 10.2 Å². The van der Waals surface area contributed by atoms with Crippen LogP contribution in [0.15, 0.2) is 24.3 Å². The van der Waals surface area contributed by atoms with Crippen LogP contribution in [0.25, 0.3) is 0 Å². The number of rotatable bonds is 5. The Morgan fingerprint density at radius 3 is 2.42 bits per heavy atom. The summed E-state index contributed by atoms with van der Waals surface area (Å²) >= 11 is 0. The Morgan fingerprint density at radius 1 is 1.15 bits per heavy atom. The first-order chi connectivity index (χ1) is 12.0. The summed E-state index contributed by atoms with van der Waals surface area (Å²) in [7, 11) is 0. The van der Waals surface area contributed by atoms with Crippen molar-refractivity contribution in [1.82, 2.24) is 10.2 Å². The minimum atomic E-state index is -4.56. The molecule has 2 rings (SSSR count). The van der Waals surface area contributed by atoms with E-state index in [1.807, 2.05) is 0 Å². The summed E-state index contributed by atoms with van der Waals surface area (Å²) in [5.74, 6) is -1.32.